The SMILES string of the molecule is CCCC1CCN(S(=O)(=O)c2cc(CO)n(CC)c2)C1. The summed E-state index contributed by atoms with van der Waals surface area (Å²) < 4.78 is 28.6. The van der Waals surface area contributed by atoms with Crippen LogP contribution in [0.25, 0.3) is 0 Å². The van der Waals surface area contributed by atoms with E-state index in [1.54, 1.807) is 21.1 Å². The Morgan fingerprint density at radius 3 is 2.70 bits per heavy atom. The molecule has 2 heterocycles. The number of rotatable bonds is 6. The molecular formula is C14H24N2O3S. The van der Waals surface area contributed by atoms with Crippen LogP contribution in [0.3, 0.4) is 0 Å². The van der Waals surface area contributed by atoms with Gasteiger partial charge in [0.05, 0.1) is 6.61 Å². The van der Waals surface area contributed by atoms with Gasteiger partial charge in [0.1, 0.15) is 4.90 Å². The molecular weight excluding hydrogens is 276 g/mol. The number of hydrogen-bond donors (Lipinski definition) is 1. The molecule has 5 nitrogen and oxygen atoms in total. The number of aryl methyl sites for hydroxylation is 1. The molecule has 6 heteroatoms. The number of aliphatic hydroxyl groups is 1. The number of aliphatic hydroxyl groups excluding tert-OH is 1. The summed E-state index contributed by atoms with van der Waals surface area (Å²) >= 11 is 0. The molecule has 1 aromatic heterocycles. The summed E-state index contributed by atoms with van der Waals surface area (Å²) in [5, 5.41) is 9.28. The first-order chi connectivity index (χ1) is 9.52. The average molecular weight is 300 g/mol. The lowest BCUT2D eigenvalue weighted by atomic mass is 10.0. The third-order valence-corrected chi connectivity index (χ3v) is 5.88. The Morgan fingerprint density at radius 1 is 1.40 bits per heavy atom. The molecule has 0 amide bonds. The maximum absolute atomic E-state index is 12.6. The highest BCUT2D eigenvalue weighted by Gasteiger charge is 2.32. The first-order valence-corrected chi connectivity index (χ1v) is 8.77. The lowest BCUT2D eigenvalue weighted by molar-refractivity contribution is 0.271. The summed E-state index contributed by atoms with van der Waals surface area (Å²) in [6.07, 6.45) is 4.77. The van der Waals surface area contributed by atoms with E-state index in [4.69, 9.17) is 0 Å². The van der Waals surface area contributed by atoms with Gasteiger partial charge in [0.25, 0.3) is 0 Å². The Bertz CT molecular complexity index is 529. The molecule has 0 radical (unpaired) electrons. The molecule has 1 N–H and O–H groups in total. The quantitative estimate of drug-likeness (QED) is 0.871. The fourth-order valence-electron chi connectivity index (χ4n) is 2.90. The van der Waals surface area contributed by atoms with Gasteiger partial charge in [-0.3, -0.25) is 0 Å². The molecule has 1 aliphatic heterocycles. The van der Waals surface area contributed by atoms with Crippen LogP contribution < -0.4 is 0 Å². The van der Waals surface area contributed by atoms with Crippen LogP contribution in [-0.2, 0) is 23.2 Å². The van der Waals surface area contributed by atoms with Gasteiger partial charge in [-0.05, 0) is 31.7 Å². The lowest BCUT2D eigenvalue weighted by Gasteiger charge is -2.15. The van der Waals surface area contributed by atoms with Gasteiger partial charge < -0.3 is 9.67 Å². The Morgan fingerprint density at radius 2 is 2.15 bits per heavy atom. The molecule has 1 saturated heterocycles. The molecule has 0 spiro atoms. The highest BCUT2D eigenvalue weighted by molar-refractivity contribution is 7.89. The highest BCUT2D eigenvalue weighted by Crippen LogP contribution is 2.27. The molecule has 0 saturated carbocycles. The zero-order chi connectivity index (χ0) is 14.8. The Hall–Kier alpha value is -0.850. The van der Waals surface area contributed by atoms with Crippen molar-refractivity contribution in [2.24, 2.45) is 5.92 Å². The highest BCUT2D eigenvalue weighted by atomic mass is 32.2. The smallest absolute Gasteiger partial charge is 0.244 e. The summed E-state index contributed by atoms with van der Waals surface area (Å²) in [5.74, 6) is 0.486. The molecule has 0 bridgehead atoms. The second kappa shape index (κ2) is 6.28. The molecule has 2 rings (SSSR count). The largest absolute Gasteiger partial charge is 0.390 e. The predicted molar refractivity (Wildman–Crippen MR) is 77.8 cm³/mol. The molecule has 1 unspecified atom stereocenters. The topological polar surface area (TPSA) is 62.5 Å². The summed E-state index contributed by atoms with van der Waals surface area (Å²) in [5.41, 5.74) is 0.649. The summed E-state index contributed by atoms with van der Waals surface area (Å²) in [6, 6.07) is 1.59. The zero-order valence-electron chi connectivity index (χ0n) is 12.2. The van der Waals surface area contributed by atoms with Gasteiger partial charge >= 0.3 is 0 Å². The first kappa shape index (κ1) is 15.5. The number of sulfonamides is 1. The third-order valence-electron chi connectivity index (χ3n) is 4.05. The summed E-state index contributed by atoms with van der Waals surface area (Å²) in [4.78, 5) is 0.306. The van der Waals surface area contributed by atoms with Crippen molar-refractivity contribution in [2.45, 2.75) is 51.2 Å². The maximum Gasteiger partial charge on any atom is 0.244 e. The summed E-state index contributed by atoms with van der Waals surface area (Å²) in [7, 11) is -3.41. The third kappa shape index (κ3) is 2.92. The van der Waals surface area contributed by atoms with Crippen LogP contribution in [0.1, 0.15) is 38.8 Å². The van der Waals surface area contributed by atoms with Crippen molar-refractivity contribution in [1.29, 1.82) is 0 Å². The van der Waals surface area contributed by atoms with Crippen molar-refractivity contribution in [3.63, 3.8) is 0 Å². The van der Waals surface area contributed by atoms with Gasteiger partial charge in [-0.15, -0.1) is 0 Å². The minimum absolute atomic E-state index is 0.137. The normalized spacial score (nSPS) is 20.6. The van der Waals surface area contributed by atoms with Crippen LogP contribution in [0.2, 0.25) is 0 Å². The van der Waals surface area contributed by atoms with Gasteiger partial charge in [0.15, 0.2) is 0 Å². The molecule has 114 valence electrons. The minimum atomic E-state index is -3.41. The standard InChI is InChI=1S/C14H24N2O3S/c1-3-5-12-6-7-16(9-12)20(18,19)14-8-13(11-17)15(4-2)10-14/h8,10,12,17H,3-7,9,11H2,1-2H3. The predicted octanol–water partition coefficient (Wildman–Crippen LogP) is 1.81. The molecule has 1 aromatic rings. The second-order valence-corrected chi connectivity index (χ2v) is 7.36. The summed E-state index contributed by atoms with van der Waals surface area (Å²) in [6.45, 7) is 5.82. The maximum atomic E-state index is 12.6. The van der Waals surface area contributed by atoms with E-state index in [1.165, 1.54) is 0 Å². The second-order valence-electron chi connectivity index (χ2n) is 5.42. The number of hydrogen-bond acceptors (Lipinski definition) is 3. The van der Waals surface area contributed by atoms with E-state index in [2.05, 4.69) is 6.92 Å². The van der Waals surface area contributed by atoms with Crippen LogP contribution >= 0.6 is 0 Å². The van der Waals surface area contributed by atoms with Crippen molar-refractivity contribution in [3.8, 4) is 0 Å². The van der Waals surface area contributed by atoms with E-state index in [0.29, 0.717) is 36.1 Å². The Balaban J connectivity index is 2.20. The number of aromatic nitrogens is 1. The minimum Gasteiger partial charge on any atom is -0.390 e. The molecule has 1 fully saturated rings. The van der Waals surface area contributed by atoms with E-state index in [0.717, 1.165) is 19.3 Å². The molecule has 1 aliphatic rings. The van der Waals surface area contributed by atoms with E-state index >= 15 is 0 Å². The zero-order valence-corrected chi connectivity index (χ0v) is 13.1. The molecule has 0 aromatic carbocycles. The van der Waals surface area contributed by atoms with E-state index in [9.17, 15) is 13.5 Å². The van der Waals surface area contributed by atoms with Crippen LogP contribution in [-0.4, -0.2) is 35.5 Å². The average Bonchev–Trinajstić information content (AvgIpc) is 3.05. The molecule has 1 atom stereocenters. The Kier molecular flexibility index (Phi) is 4.88. The monoisotopic (exact) mass is 300 g/mol. The van der Waals surface area contributed by atoms with E-state index < -0.39 is 10.0 Å². The lowest BCUT2D eigenvalue weighted by Crippen LogP contribution is -2.28. The van der Waals surface area contributed by atoms with Gasteiger partial charge in [0, 0.05) is 31.5 Å². The van der Waals surface area contributed by atoms with Crippen molar-refractivity contribution in [2.75, 3.05) is 13.1 Å². The van der Waals surface area contributed by atoms with Gasteiger partial charge in [-0.25, -0.2) is 8.42 Å². The van der Waals surface area contributed by atoms with E-state index in [1.807, 2.05) is 6.92 Å². The van der Waals surface area contributed by atoms with E-state index in [-0.39, 0.29) is 6.61 Å². The fraction of sp³-hybridized carbons (Fsp3) is 0.714. The van der Waals surface area contributed by atoms with Crippen LogP contribution in [0, 0.1) is 5.92 Å². The Labute approximate surface area is 121 Å². The molecule has 20 heavy (non-hydrogen) atoms. The fourth-order valence-corrected chi connectivity index (χ4v) is 4.50. The van der Waals surface area contributed by atoms with Gasteiger partial charge in [-0.1, -0.05) is 13.3 Å². The van der Waals surface area contributed by atoms with Gasteiger partial charge in [0.2, 0.25) is 10.0 Å². The van der Waals surface area contributed by atoms with Crippen molar-refractivity contribution < 1.29 is 13.5 Å². The van der Waals surface area contributed by atoms with Crippen molar-refractivity contribution in [3.05, 3.63) is 18.0 Å². The van der Waals surface area contributed by atoms with Crippen LogP contribution in [0.15, 0.2) is 17.2 Å². The van der Waals surface area contributed by atoms with Crippen molar-refractivity contribution in [1.82, 2.24) is 8.87 Å². The first-order valence-electron chi connectivity index (χ1n) is 7.33. The van der Waals surface area contributed by atoms with Crippen molar-refractivity contribution >= 4 is 10.0 Å². The van der Waals surface area contributed by atoms with Gasteiger partial charge in [-0.2, -0.15) is 4.31 Å². The molecule has 0 aliphatic carbocycles. The number of nitrogens with zero attached hydrogens (tertiary/aromatic N) is 2. The van der Waals surface area contributed by atoms with Crippen LogP contribution in [0.5, 0.6) is 0 Å². The van der Waals surface area contributed by atoms with Crippen LogP contribution in [0.4, 0.5) is 0 Å².